The Morgan fingerprint density at radius 1 is 1.39 bits per heavy atom. The van der Waals surface area contributed by atoms with Gasteiger partial charge in [0, 0.05) is 12.2 Å². The number of hydrogen-bond donors (Lipinski definition) is 2. The van der Waals surface area contributed by atoms with Crippen LogP contribution in [0, 0.1) is 17.8 Å². The van der Waals surface area contributed by atoms with Gasteiger partial charge in [-0.1, -0.05) is 11.6 Å². The molecule has 2 fully saturated rings. The number of nitrogens with two attached hydrogens (primary N) is 1. The van der Waals surface area contributed by atoms with Crippen molar-refractivity contribution in [3.63, 3.8) is 0 Å². The summed E-state index contributed by atoms with van der Waals surface area (Å²) in [5, 5.41) is 3.39. The zero-order valence-electron chi connectivity index (χ0n) is 12.6. The molecule has 2 aliphatic rings. The highest BCUT2D eigenvalue weighted by Gasteiger charge is 2.48. The molecule has 4 unspecified atom stereocenters. The summed E-state index contributed by atoms with van der Waals surface area (Å²) >= 11 is 5.94. The van der Waals surface area contributed by atoms with E-state index in [0.717, 1.165) is 12.8 Å². The van der Waals surface area contributed by atoms with Crippen molar-refractivity contribution in [1.29, 1.82) is 0 Å². The first-order valence-corrected chi connectivity index (χ1v) is 7.81. The second-order valence-electron chi connectivity index (χ2n) is 5.87. The summed E-state index contributed by atoms with van der Waals surface area (Å²) in [5.41, 5.74) is 6.16. The van der Waals surface area contributed by atoms with Crippen LogP contribution < -0.4 is 15.8 Å². The van der Waals surface area contributed by atoms with Crippen LogP contribution in [0.3, 0.4) is 0 Å². The number of carbonyl (C=O) groups excluding carboxylic acids is 1. The Kier molecular flexibility index (Phi) is 7.87. The minimum absolute atomic E-state index is 0. The number of carbonyl (C=O) groups is 1. The van der Waals surface area contributed by atoms with Crippen LogP contribution in [0.15, 0.2) is 18.3 Å². The molecule has 2 aliphatic carbocycles. The maximum absolute atomic E-state index is 12.2. The van der Waals surface area contributed by atoms with Gasteiger partial charge in [0.15, 0.2) is 0 Å². The number of rotatable bonds is 5. The minimum atomic E-state index is -0.0258. The number of nitrogens with zero attached hydrogens (tertiary/aromatic N) is 1. The highest BCUT2D eigenvalue weighted by Crippen LogP contribution is 2.47. The maximum atomic E-state index is 12.2. The Bertz CT molecular complexity index is 530. The molecule has 1 aromatic heterocycles. The number of pyridine rings is 1. The van der Waals surface area contributed by atoms with Crippen LogP contribution in [-0.2, 0) is 4.79 Å². The quantitative estimate of drug-likeness (QED) is 0.767. The lowest BCUT2D eigenvalue weighted by Gasteiger charge is -2.26. The fourth-order valence-electron chi connectivity index (χ4n) is 3.64. The average molecular weight is 383 g/mol. The van der Waals surface area contributed by atoms with Gasteiger partial charge in [-0.25, -0.2) is 4.98 Å². The van der Waals surface area contributed by atoms with E-state index in [2.05, 4.69) is 10.3 Å². The van der Waals surface area contributed by atoms with Gasteiger partial charge >= 0.3 is 0 Å². The topological polar surface area (TPSA) is 77.2 Å². The normalized spacial score (nSPS) is 27.7. The van der Waals surface area contributed by atoms with Gasteiger partial charge in [0.1, 0.15) is 11.6 Å². The van der Waals surface area contributed by atoms with E-state index in [4.69, 9.17) is 22.1 Å². The van der Waals surface area contributed by atoms with E-state index in [0.29, 0.717) is 35.9 Å². The molecule has 0 saturated heterocycles. The van der Waals surface area contributed by atoms with Crippen LogP contribution in [0.4, 0.5) is 0 Å². The van der Waals surface area contributed by atoms with Gasteiger partial charge in [-0.05, 0) is 43.2 Å². The molecule has 1 amide bonds. The number of aromatic nitrogens is 1. The summed E-state index contributed by atoms with van der Waals surface area (Å²) in [6, 6.07) is 3.49. The summed E-state index contributed by atoms with van der Waals surface area (Å²) in [6.07, 6.45) is 5.04. The van der Waals surface area contributed by atoms with E-state index >= 15 is 0 Å². The first-order chi connectivity index (χ1) is 10.2. The fourth-order valence-corrected chi connectivity index (χ4v) is 3.82. The van der Waals surface area contributed by atoms with Crippen molar-refractivity contribution in [2.75, 3.05) is 13.2 Å². The molecule has 3 rings (SSSR count). The number of ether oxygens (including phenoxy) is 1. The molecule has 0 radical (unpaired) electrons. The van der Waals surface area contributed by atoms with Crippen molar-refractivity contribution in [3.8, 4) is 5.88 Å². The summed E-state index contributed by atoms with van der Waals surface area (Å²) in [7, 11) is 0. The SMILES string of the molecule is Cl.Cl.NC1C2CCC(C2)C1C(=O)NCCOc1ncccc1Cl. The highest BCUT2D eigenvalue weighted by atomic mass is 35.5. The Morgan fingerprint density at radius 2 is 2.13 bits per heavy atom. The second kappa shape index (κ2) is 8.92. The molecule has 2 bridgehead atoms. The van der Waals surface area contributed by atoms with Crippen molar-refractivity contribution in [2.45, 2.75) is 25.3 Å². The summed E-state index contributed by atoms with van der Waals surface area (Å²) < 4.78 is 5.45. The molecule has 0 spiro atoms. The van der Waals surface area contributed by atoms with Gasteiger partial charge in [-0.2, -0.15) is 0 Å². The van der Waals surface area contributed by atoms with E-state index in [-0.39, 0.29) is 42.7 Å². The third-order valence-electron chi connectivity index (χ3n) is 4.65. The van der Waals surface area contributed by atoms with Crippen molar-refractivity contribution >= 4 is 42.3 Å². The molecule has 1 aromatic rings. The van der Waals surface area contributed by atoms with Gasteiger partial charge in [0.2, 0.25) is 11.8 Å². The van der Waals surface area contributed by atoms with E-state index in [1.165, 1.54) is 6.42 Å². The molecule has 1 heterocycles. The number of amides is 1. The predicted octanol–water partition coefficient (Wildman–Crippen LogP) is 2.45. The maximum Gasteiger partial charge on any atom is 0.232 e. The van der Waals surface area contributed by atoms with E-state index in [1.54, 1.807) is 18.3 Å². The Balaban J connectivity index is 0.00000132. The van der Waals surface area contributed by atoms with E-state index in [9.17, 15) is 4.79 Å². The molecule has 0 aromatic carbocycles. The number of fused-ring (bicyclic) bond motifs is 2. The second-order valence-corrected chi connectivity index (χ2v) is 6.27. The molecule has 5 nitrogen and oxygen atoms in total. The van der Waals surface area contributed by atoms with Crippen molar-refractivity contribution < 1.29 is 9.53 Å². The molecule has 23 heavy (non-hydrogen) atoms. The van der Waals surface area contributed by atoms with Crippen LogP contribution in [0.1, 0.15) is 19.3 Å². The number of nitrogens with one attached hydrogen (secondary N) is 1. The molecule has 4 atom stereocenters. The van der Waals surface area contributed by atoms with Crippen molar-refractivity contribution in [3.05, 3.63) is 23.4 Å². The van der Waals surface area contributed by atoms with Crippen molar-refractivity contribution in [1.82, 2.24) is 10.3 Å². The standard InChI is InChI=1S/C15H20ClN3O2.2ClH/c16-11-2-1-5-19-15(11)21-7-6-18-14(20)12-9-3-4-10(8-9)13(12)17;;/h1-2,5,9-10,12-13H,3-4,6-8,17H2,(H,18,20);2*1H. The molecular weight excluding hydrogens is 361 g/mol. The Hall–Kier alpha value is -0.750. The summed E-state index contributed by atoms with van der Waals surface area (Å²) in [6.45, 7) is 0.783. The lowest BCUT2D eigenvalue weighted by atomic mass is 9.84. The first kappa shape index (κ1) is 20.3. The number of halogens is 3. The highest BCUT2D eigenvalue weighted by molar-refractivity contribution is 6.31. The van der Waals surface area contributed by atoms with Gasteiger partial charge < -0.3 is 15.8 Å². The first-order valence-electron chi connectivity index (χ1n) is 7.43. The lowest BCUT2D eigenvalue weighted by Crippen LogP contribution is -2.46. The molecule has 0 aliphatic heterocycles. The van der Waals surface area contributed by atoms with Crippen LogP contribution in [-0.4, -0.2) is 30.1 Å². The van der Waals surface area contributed by atoms with E-state index in [1.807, 2.05) is 0 Å². The minimum Gasteiger partial charge on any atom is -0.475 e. The van der Waals surface area contributed by atoms with E-state index < -0.39 is 0 Å². The predicted molar refractivity (Wildman–Crippen MR) is 94.5 cm³/mol. The van der Waals surface area contributed by atoms with Crippen LogP contribution in [0.5, 0.6) is 5.88 Å². The Labute approximate surface area is 153 Å². The zero-order chi connectivity index (χ0) is 14.8. The van der Waals surface area contributed by atoms with Crippen LogP contribution in [0.2, 0.25) is 5.02 Å². The largest absolute Gasteiger partial charge is 0.475 e. The number of hydrogen-bond acceptors (Lipinski definition) is 4. The van der Waals surface area contributed by atoms with Crippen LogP contribution in [0.25, 0.3) is 0 Å². The lowest BCUT2D eigenvalue weighted by molar-refractivity contribution is -0.127. The third-order valence-corrected chi connectivity index (χ3v) is 4.94. The van der Waals surface area contributed by atoms with Crippen LogP contribution >= 0.6 is 36.4 Å². The Morgan fingerprint density at radius 3 is 2.78 bits per heavy atom. The molecule has 3 N–H and O–H groups in total. The summed E-state index contributed by atoms with van der Waals surface area (Å²) in [5.74, 6) is 1.43. The van der Waals surface area contributed by atoms with Gasteiger partial charge in [0.25, 0.3) is 0 Å². The third kappa shape index (κ3) is 4.41. The van der Waals surface area contributed by atoms with Crippen molar-refractivity contribution in [2.24, 2.45) is 23.5 Å². The fraction of sp³-hybridized carbons (Fsp3) is 0.600. The smallest absolute Gasteiger partial charge is 0.232 e. The van der Waals surface area contributed by atoms with Gasteiger partial charge in [0.05, 0.1) is 12.5 Å². The molecule has 8 heteroatoms. The summed E-state index contributed by atoms with van der Waals surface area (Å²) in [4.78, 5) is 16.3. The van der Waals surface area contributed by atoms with Gasteiger partial charge in [-0.15, -0.1) is 24.8 Å². The monoisotopic (exact) mass is 381 g/mol. The molecule has 2 saturated carbocycles. The zero-order valence-corrected chi connectivity index (χ0v) is 15.0. The molecule has 130 valence electrons. The average Bonchev–Trinajstić information content (AvgIpc) is 3.06. The van der Waals surface area contributed by atoms with Gasteiger partial charge in [-0.3, -0.25) is 4.79 Å². The molecular formula is C15H22Cl3N3O2.